The van der Waals surface area contributed by atoms with Crippen LogP contribution in [0.2, 0.25) is 0 Å². The van der Waals surface area contributed by atoms with E-state index in [0.717, 1.165) is 42.6 Å². The number of aromatic nitrogens is 3. The van der Waals surface area contributed by atoms with Gasteiger partial charge in [-0.1, -0.05) is 17.3 Å². The zero-order valence-electron chi connectivity index (χ0n) is 16.8. The highest BCUT2D eigenvalue weighted by molar-refractivity contribution is 7.89. The Balaban J connectivity index is 1.46. The van der Waals surface area contributed by atoms with Gasteiger partial charge in [0.2, 0.25) is 10.0 Å². The quantitative estimate of drug-likeness (QED) is 0.644. The number of hydrogen-bond donors (Lipinski definition) is 1. The molecular formula is C20H23N5O4S. The molecule has 30 heavy (non-hydrogen) atoms. The third-order valence-corrected chi connectivity index (χ3v) is 6.89. The molecule has 0 saturated heterocycles. The normalized spacial score (nSPS) is 14.0. The number of rotatable bonds is 6. The van der Waals surface area contributed by atoms with Gasteiger partial charge in [-0.25, -0.2) is 12.7 Å². The van der Waals surface area contributed by atoms with Crippen LogP contribution in [0.25, 0.3) is 0 Å². The molecule has 9 nitrogen and oxygen atoms in total. The Kier molecular flexibility index (Phi) is 5.44. The van der Waals surface area contributed by atoms with E-state index in [0.29, 0.717) is 17.9 Å². The van der Waals surface area contributed by atoms with Crippen LogP contribution in [-0.4, -0.2) is 47.7 Å². The second-order valence-electron chi connectivity index (χ2n) is 7.46. The van der Waals surface area contributed by atoms with Gasteiger partial charge in [0.1, 0.15) is 5.76 Å². The number of anilines is 1. The molecule has 3 aromatic rings. The largest absolute Gasteiger partial charge is 0.360 e. The summed E-state index contributed by atoms with van der Waals surface area (Å²) in [6, 6.07) is 6.71. The molecule has 1 aliphatic carbocycles. The standard InChI is InChI=1S/C20H23N5O4S/c1-24(2)30(27,28)16-7-5-6-14(10-16)12-25-13-15(11-21-25)22-20(26)19-17-8-3-4-9-18(17)29-23-19/h5-7,10-11,13H,3-4,8-9,12H2,1-2H3,(H,22,26). The number of nitrogens with one attached hydrogen (secondary N) is 1. The van der Waals surface area contributed by atoms with Crippen LogP contribution in [0.5, 0.6) is 0 Å². The summed E-state index contributed by atoms with van der Waals surface area (Å²) in [6.45, 7) is 0.367. The van der Waals surface area contributed by atoms with E-state index >= 15 is 0 Å². The highest BCUT2D eigenvalue weighted by Crippen LogP contribution is 2.25. The summed E-state index contributed by atoms with van der Waals surface area (Å²) < 4.78 is 32.8. The van der Waals surface area contributed by atoms with Gasteiger partial charge < -0.3 is 9.84 Å². The van der Waals surface area contributed by atoms with Crippen LogP contribution in [-0.2, 0) is 29.4 Å². The zero-order chi connectivity index (χ0) is 21.3. The van der Waals surface area contributed by atoms with Crippen molar-refractivity contribution in [2.24, 2.45) is 0 Å². The fraction of sp³-hybridized carbons (Fsp3) is 0.350. The second kappa shape index (κ2) is 8.04. The van der Waals surface area contributed by atoms with E-state index < -0.39 is 10.0 Å². The first-order valence-electron chi connectivity index (χ1n) is 9.67. The molecule has 4 rings (SSSR count). The van der Waals surface area contributed by atoms with Gasteiger partial charge in [-0.2, -0.15) is 5.10 Å². The molecular weight excluding hydrogens is 406 g/mol. The molecule has 2 aromatic heterocycles. The Morgan fingerprint density at radius 3 is 2.87 bits per heavy atom. The molecule has 1 aromatic carbocycles. The number of nitrogens with zero attached hydrogens (tertiary/aromatic N) is 4. The van der Waals surface area contributed by atoms with Gasteiger partial charge >= 0.3 is 0 Å². The molecule has 0 fully saturated rings. The predicted molar refractivity (Wildman–Crippen MR) is 110 cm³/mol. The fourth-order valence-electron chi connectivity index (χ4n) is 3.47. The van der Waals surface area contributed by atoms with Crippen molar-refractivity contribution in [3.05, 3.63) is 59.2 Å². The highest BCUT2D eigenvalue weighted by Gasteiger charge is 2.24. The SMILES string of the molecule is CN(C)S(=O)(=O)c1cccc(Cn2cc(NC(=O)c3noc4c3CCCC4)cn2)c1. The van der Waals surface area contributed by atoms with Crippen molar-refractivity contribution in [2.45, 2.75) is 37.1 Å². The molecule has 0 saturated carbocycles. The average Bonchev–Trinajstić information content (AvgIpc) is 3.35. The van der Waals surface area contributed by atoms with Crippen LogP contribution >= 0.6 is 0 Å². The number of sulfonamides is 1. The van der Waals surface area contributed by atoms with Gasteiger partial charge in [-0.3, -0.25) is 9.48 Å². The Hall–Kier alpha value is -2.98. The Morgan fingerprint density at radius 1 is 1.27 bits per heavy atom. The number of fused-ring (bicyclic) bond motifs is 1. The average molecular weight is 430 g/mol. The van der Waals surface area contributed by atoms with E-state index in [4.69, 9.17) is 4.52 Å². The van der Waals surface area contributed by atoms with Gasteiger partial charge in [0.25, 0.3) is 5.91 Å². The van der Waals surface area contributed by atoms with Gasteiger partial charge in [0.05, 0.1) is 23.3 Å². The molecule has 2 heterocycles. The summed E-state index contributed by atoms with van der Waals surface area (Å²) in [6.07, 6.45) is 6.92. The molecule has 0 radical (unpaired) electrons. The van der Waals surface area contributed by atoms with Crippen LogP contribution in [0.3, 0.4) is 0 Å². The number of benzene rings is 1. The minimum absolute atomic E-state index is 0.224. The van der Waals surface area contributed by atoms with E-state index in [9.17, 15) is 13.2 Å². The molecule has 1 N–H and O–H groups in total. The van der Waals surface area contributed by atoms with Gasteiger partial charge in [0, 0.05) is 32.3 Å². The highest BCUT2D eigenvalue weighted by atomic mass is 32.2. The minimum Gasteiger partial charge on any atom is -0.360 e. The molecule has 158 valence electrons. The maximum Gasteiger partial charge on any atom is 0.278 e. The van der Waals surface area contributed by atoms with Crippen molar-refractivity contribution < 1.29 is 17.7 Å². The Labute approximate surface area is 174 Å². The second-order valence-corrected chi connectivity index (χ2v) is 9.61. The van der Waals surface area contributed by atoms with Gasteiger partial charge in [-0.15, -0.1) is 0 Å². The number of carbonyl (C=O) groups excluding carboxylic acids is 1. The van der Waals surface area contributed by atoms with E-state index in [2.05, 4.69) is 15.6 Å². The van der Waals surface area contributed by atoms with Crippen molar-refractivity contribution in [3.63, 3.8) is 0 Å². The Morgan fingerprint density at radius 2 is 2.07 bits per heavy atom. The van der Waals surface area contributed by atoms with Crippen molar-refractivity contribution in [3.8, 4) is 0 Å². The summed E-state index contributed by atoms with van der Waals surface area (Å²) >= 11 is 0. The van der Waals surface area contributed by atoms with Crippen molar-refractivity contribution in [1.82, 2.24) is 19.2 Å². The van der Waals surface area contributed by atoms with Crippen molar-refractivity contribution in [1.29, 1.82) is 0 Å². The molecule has 0 bridgehead atoms. The topological polar surface area (TPSA) is 110 Å². The molecule has 0 unspecified atom stereocenters. The smallest absolute Gasteiger partial charge is 0.278 e. The first-order valence-corrected chi connectivity index (χ1v) is 11.1. The molecule has 0 atom stereocenters. The molecule has 0 aliphatic heterocycles. The number of carbonyl (C=O) groups is 1. The third-order valence-electron chi connectivity index (χ3n) is 5.08. The van der Waals surface area contributed by atoms with E-state index in [1.165, 1.54) is 18.4 Å². The summed E-state index contributed by atoms with van der Waals surface area (Å²) in [5.41, 5.74) is 2.54. The molecule has 1 aliphatic rings. The summed E-state index contributed by atoms with van der Waals surface area (Å²) in [7, 11) is -0.511. The maximum absolute atomic E-state index is 12.6. The van der Waals surface area contributed by atoms with Crippen LogP contribution < -0.4 is 5.32 Å². The van der Waals surface area contributed by atoms with Gasteiger partial charge in [-0.05, 0) is 37.0 Å². The van der Waals surface area contributed by atoms with Crippen LogP contribution in [0.15, 0.2) is 46.1 Å². The summed E-state index contributed by atoms with van der Waals surface area (Å²) in [5.74, 6) is 0.482. The first-order chi connectivity index (χ1) is 14.3. The zero-order valence-corrected chi connectivity index (χ0v) is 17.6. The minimum atomic E-state index is -3.50. The number of aryl methyl sites for hydroxylation is 1. The third kappa shape index (κ3) is 4.01. The lowest BCUT2D eigenvalue weighted by atomic mass is 9.96. The lowest BCUT2D eigenvalue weighted by Gasteiger charge is -2.12. The number of hydrogen-bond acceptors (Lipinski definition) is 6. The van der Waals surface area contributed by atoms with Crippen LogP contribution in [0.1, 0.15) is 40.2 Å². The van der Waals surface area contributed by atoms with Crippen molar-refractivity contribution in [2.75, 3.05) is 19.4 Å². The van der Waals surface area contributed by atoms with E-state index in [-0.39, 0.29) is 10.8 Å². The van der Waals surface area contributed by atoms with Crippen molar-refractivity contribution >= 4 is 21.6 Å². The summed E-state index contributed by atoms with van der Waals surface area (Å²) in [5, 5.41) is 11.0. The predicted octanol–water partition coefficient (Wildman–Crippen LogP) is 2.30. The monoisotopic (exact) mass is 429 g/mol. The molecule has 10 heteroatoms. The number of amides is 1. The fourth-order valence-corrected chi connectivity index (χ4v) is 4.44. The Bertz CT molecular complexity index is 1180. The lowest BCUT2D eigenvalue weighted by molar-refractivity contribution is 0.101. The summed E-state index contributed by atoms with van der Waals surface area (Å²) in [4.78, 5) is 12.8. The lowest BCUT2D eigenvalue weighted by Crippen LogP contribution is -2.22. The van der Waals surface area contributed by atoms with E-state index in [1.54, 1.807) is 35.3 Å². The molecule has 1 amide bonds. The first kappa shape index (κ1) is 20.3. The van der Waals surface area contributed by atoms with Crippen LogP contribution in [0, 0.1) is 0 Å². The maximum atomic E-state index is 12.6. The van der Waals surface area contributed by atoms with Crippen LogP contribution in [0.4, 0.5) is 5.69 Å². The molecule has 0 spiro atoms. The van der Waals surface area contributed by atoms with E-state index in [1.807, 2.05) is 6.07 Å². The van der Waals surface area contributed by atoms with Gasteiger partial charge in [0.15, 0.2) is 5.69 Å².